The molecule has 3 nitrogen and oxygen atoms in total. The zero-order valence-electron chi connectivity index (χ0n) is 10.9. The summed E-state index contributed by atoms with van der Waals surface area (Å²) in [6.07, 6.45) is 4.13. The van der Waals surface area contributed by atoms with E-state index in [1.807, 2.05) is 6.20 Å². The van der Waals surface area contributed by atoms with Crippen molar-refractivity contribution in [2.75, 3.05) is 5.32 Å². The monoisotopic (exact) mass is 327 g/mol. The highest BCUT2D eigenvalue weighted by Gasteiger charge is 2.22. The van der Waals surface area contributed by atoms with E-state index >= 15 is 0 Å². The van der Waals surface area contributed by atoms with Gasteiger partial charge in [-0.2, -0.15) is 5.10 Å². The Morgan fingerprint density at radius 3 is 3.15 bits per heavy atom. The summed E-state index contributed by atoms with van der Waals surface area (Å²) in [4.78, 5) is 0. The van der Waals surface area contributed by atoms with Crippen molar-refractivity contribution in [3.63, 3.8) is 0 Å². The van der Waals surface area contributed by atoms with Crippen molar-refractivity contribution in [1.29, 1.82) is 0 Å². The molecule has 0 saturated heterocycles. The topological polar surface area (TPSA) is 40.7 Å². The van der Waals surface area contributed by atoms with Crippen LogP contribution in [0.3, 0.4) is 0 Å². The van der Waals surface area contributed by atoms with Gasteiger partial charge in [0.15, 0.2) is 0 Å². The Bertz CT molecular complexity index is 778. The minimum Gasteiger partial charge on any atom is -0.376 e. The minimum atomic E-state index is 0.381. The average molecular weight is 328 g/mol. The first kappa shape index (κ1) is 12.0. The third kappa shape index (κ3) is 1.91. The lowest BCUT2D eigenvalue weighted by molar-refractivity contribution is 0.763. The third-order valence-corrected chi connectivity index (χ3v) is 4.48. The van der Waals surface area contributed by atoms with Crippen LogP contribution in [-0.4, -0.2) is 10.2 Å². The van der Waals surface area contributed by atoms with Gasteiger partial charge in [0.05, 0.1) is 23.4 Å². The molecule has 3 aromatic rings. The van der Waals surface area contributed by atoms with E-state index in [2.05, 4.69) is 67.8 Å². The van der Waals surface area contributed by atoms with E-state index in [1.54, 1.807) is 0 Å². The number of aromatic amines is 1. The van der Waals surface area contributed by atoms with Crippen LogP contribution in [0.15, 0.2) is 47.1 Å². The van der Waals surface area contributed by atoms with Gasteiger partial charge in [-0.1, -0.05) is 34.1 Å². The molecule has 1 aromatic heterocycles. The Morgan fingerprint density at radius 2 is 2.20 bits per heavy atom. The molecule has 0 saturated carbocycles. The molecule has 0 spiro atoms. The number of halogens is 1. The van der Waals surface area contributed by atoms with Gasteiger partial charge >= 0.3 is 0 Å². The van der Waals surface area contributed by atoms with Gasteiger partial charge in [0.2, 0.25) is 0 Å². The number of anilines is 1. The number of benzene rings is 2. The van der Waals surface area contributed by atoms with Crippen LogP contribution in [0.5, 0.6) is 0 Å². The van der Waals surface area contributed by atoms with Crippen LogP contribution in [0.2, 0.25) is 0 Å². The molecular formula is C16H14BrN3. The summed E-state index contributed by atoms with van der Waals surface area (Å²) >= 11 is 3.55. The highest BCUT2D eigenvalue weighted by molar-refractivity contribution is 9.10. The number of fused-ring (bicyclic) bond motifs is 2. The summed E-state index contributed by atoms with van der Waals surface area (Å²) < 4.78 is 1.16. The summed E-state index contributed by atoms with van der Waals surface area (Å²) in [5.74, 6) is 0. The van der Waals surface area contributed by atoms with Crippen molar-refractivity contribution >= 4 is 32.5 Å². The highest BCUT2D eigenvalue weighted by atomic mass is 79.9. The van der Waals surface area contributed by atoms with Crippen molar-refractivity contribution in [3.8, 4) is 0 Å². The number of rotatable bonds is 2. The average Bonchev–Trinajstić information content (AvgIpc) is 3.06. The minimum absolute atomic E-state index is 0.381. The van der Waals surface area contributed by atoms with Gasteiger partial charge in [-0.15, -0.1) is 0 Å². The summed E-state index contributed by atoms with van der Waals surface area (Å²) in [5, 5.41) is 12.0. The van der Waals surface area contributed by atoms with Gasteiger partial charge in [0.25, 0.3) is 0 Å². The van der Waals surface area contributed by atoms with Gasteiger partial charge in [0, 0.05) is 9.86 Å². The second-order valence-electron chi connectivity index (χ2n) is 5.22. The zero-order chi connectivity index (χ0) is 13.5. The molecule has 0 radical (unpaired) electrons. The largest absolute Gasteiger partial charge is 0.376 e. The van der Waals surface area contributed by atoms with Crippen molar-refractivity contribution < 1.29 is 0 Å². The van der Waals surface area contributed by atoms with Crippen molar-refractivity contribution in [3.05, 3.63) is 58.2 Å². The summed E-state index contributed by atoms with van der Waals surface area (Å²) in [5.41, 5.74) is 5.05. The maximum atomic E-state index is 4.12. The maximum absolute atomic E-state index is 4.12. The summed E-state index contributed by atoms with van der Waals surface area (Å²) in [7, 11) is 0. The number of para-hydroxylation sites is 1. The SMILES string of the molecule is Brc1ccc2c(c1)CCC2Nc1cccc2cn[nH]c12. The molecule has 0 aliphatic heterocycles. The third-order valence-electron chi connectivity index (χ3n) is 3.99. The van der Waals surface area contributed by atoms with Crippen LogP contribution in [0.1, 0.15) is 23.6 Å². The van der Waals surface area contributed by atoms with E-state index in [0.29, 0.717) is 6.04 Å². The molecule has 0 bridgehead atoms. The number of aromatic nitrogens is 2. The van der Waals surface area contributed by atoms with E-state index in [4.69, 9.17) is 0 Å². The molecule has 2 N–H and O–H groups in total. The van der Waals surface area contributed by atoms with E-state index in [9.17, 15) is 0 Å². The first-order valence-electron chi connectivity index (χ1n) is 6.78. The molecule has 1 aliphatic rings. The molecule has 20 heavy (non-hydrogen) atoms. The summed E-state index contributed by atoms with van der Waals surface area (Å²) in [6, 6.07) is 13.2. The number of hydrogen-bond acceptors (Lipinski definition) is 2. The second-order valence-corrected chi connectivity index (χ2v) is 6.13. The highest BCUT2D eigenvalue weighted by Crippen LogP contribution is 2.36. The zero-order valence-corrected chi connectivity index (χ0v) is 12.4. The van der Waals surface area contributed by atoms with Gasteiger partial charge in [-0.05, 0) is 42.2 Å². The first-order chi connectivity index (χ1) is 9.81. The fourth-order valence-corrected chi connectivity index (χ4v) is 3.42. The molecule has 100 valence electrons. The predicted octanol–water partition coefficient (Wildman–Crippen LogP) is 4.42. The van der Waals surface area contributed by atoms with Crippen molar-refractivity contribution in [2.24, 2.45) is 0 Å². The second kappa shape index (κ2) is 4.63. The number of nitrogens with one attached hydrogen (secondary N) is 2. The molecule has 4 rings (SSSR count). The number of aryl methyl sites for hydroxylation is 1. The summed E-state index contributed by atoms with van der Waals surface area (Å²) in [6.45, 7) is 0. The first-order valence-corrected chi connectivity index (χ1v) is 7.57. The lowest BCUT2D eigenvalue weighted by Crippen LogP contribution is -2.07. The van der Waals surface area contributed by atoms with Crippen LogP contribution in [0, 0.1) is 0 Å². The molecule has 2 aromatic carbocycles. The fourth-order valence-electron chi connectivity index (χ4n) is 3.01. The van der Waals surface area contributed by atoms with E-state index < -0.39 is 0 Å². The molecule has 4 heteroatoms. The Kier molecular flexibility index (Phi) is 2.77. The van der Waals surface area contributed by atoms with E-state index in [0.717, 1.165) is 33.9 Å². The lowest BCUT2D eigenvalue weighted by Gasteiger charge is -2.16. The van der Waals surface area contributed by atoms with Crippen LogP contribution in [0.4, 0.5) is 5.69 Å². The van der Waals surface area contributed by atoms with Gasteiger partial charge in [0.1, 0.15) is 0 Å². The Labute approximate surface area is 125 Å². The molecular weight excluding hydrogens is 314 g/mol. The Morgan fingerprint density at radius 1 is 1.25 bits per heavy atom. The van der Waals surface area contributed by atoms with Crippen LogP contribution in [0.25, 0.3) is 10.9 Å². The molecule has 0 fully saturated rings. The molecule has 1 heterocycles. The Balaban J connectivity index is 1.70. The van der Waals surface area contributed by atoms with E-state index in [1.165, 1.54) is 11.1 Å². The smallest absolute Gasteiger partial charge is 0.0881 e. The van der Waals surface area contributed by atoms with Crippen LogP contribution < -0.4 is 5.32 Å². The number of H-pyrrole nitrogens is 1. The molecule has 1 aliphatic carbocycles. The standard InChI is InChI=1S/C16H14BrN3/c17-12-5-6-13-10(8-12)4-7-14(13)19-15-3-1-2-11-9-18-20-16(11)15/h1-3,5-6,8-9,14,19H,4,7H2,(H,18,20). The van der Waals surface area contributed by atoms with Crippen LogP contribution >= 0.6 is 15.9 Å². The fraction of sp³-hybridized carbons (Fsp3) is 0.188. The van der Waals surface area contributed by atoms with Gasteiger partial charge in [-0.25, -0.2) is 0 Å². The van der Waals surface area contributed by atoms with Gasteiger partial charge in [-0.3, -0.25) is 5.10 Å². The number of hydrogen-bond donors (Lipinski definition) is 2. The van der Waals surface area contributed by atoms with Crippen LogP contribution in [-0.2, 0) is 6.42 Å². The Hall–Kier alpha value is -1.81. The normalized spacial score (nSPS) is 17.4. The van der Waals surface area contributed by atoms with Crippen molar-refractivity contribution in [2.45, 2.75) is 18.9 Å². The van der Waals surface area contributed by atoms with Crippen molar-refractivity contribution in [1.82, 2.24) is 10.2 Å². The quantitative estimate of drug-likeness (QED) is 0.731. The van der Waals surface area contributed by atoms with Gasteiger partial charge < -0.3 is 5.32 Å². The lowest BCUT2D eigenvalue weighted by atomic mass is 10.1. The van der Waals surface area contributed by atoms with E-state index in [-0.39, 0.29) is 0 Å². The molecule has 1 atom stereocenters. The predicted molar refractivity (Wildman–Crippen MR) is 84.9 cm³/mol. The molecule has 1 unspecified atom stereocenters. The number of nitrogens with zero attached hydrogens (tertiary/aromatic N) is 1. The maximum Gasteiger partial charge on any atom is 0.0881 e. The molecule has 0 amide bonds.